The smallest absolute Gasteiger partial charge is 0.126 e. The molecule has 1 rings (SSSR count). The van der Waals surface area contributed by atoms with Crippen LogP contribution in [0.5, 0.6) is 5.75 Å². The third-order valence-electron chi connectivity index (χ3n) is 5.97. The van der Waals surface area contributed by atoms with Gasteiger partial charge < -0.3 is 4.74 Å². The molecule has 1 aromatic rings. The van der Waals surface area contributed by atoms with Gasteiger partial charge in [-0.15, -0.1) is 0 Å². The van der Waals surface area contributed by atoms with Gasteiger partial charge in [0.2, 0.25) is 0 Å². The lowest BCUT2D eigenvalue weighted by Crippen LogP contribution is -2.29. The van der Waals surface area contributed by atoms with Crippen molar-refractivity contribution in [1.29, 1.82) is 0 Å². The van der Waals surface area contributed by atoms with Crippen molar-refractivity contribution >= 4 is 0 Å². The lowest BCUT2D eigenvalue weighted by Gasteiger charge is -2.36. The molecule has 0 spiro atoms. The molecule has 168 valence electrons. The van der Waals surface area contributed by atoms with Gasteiger partial charge in [-0.1, -0.05) is 75.3 Å². The van der Waals surface area contributed by atoms with Crippen LogP contribution >= 0.6 is 0 Å². The van der Waals surface area contributed by atoms with Crippen molar-refractivity contribution in [2.45, 2.75) is 133 Å². The highest BCUT2D eigenvalue weighted by Crippen LogP contribution is 2.44. The molecular weight excluding hydrogens is 352 g/mol. The number of benzene rings is 1. The Morgan fingerprint density at radius 2 is 1.17 bits per heavy atom. The Bertz CT molecular complexity index is 670. The highest BCUT2D eigenvalue weighted by atomic mass is 16.5. The first-order valence-corrected chi connectivity index (χ1v) is 11.8. The number of ether oxygens (including phenoxy) is 1. The molecule has 1 nitrogen and oxygen atoms in total. The minimum Gasteiger partial charge on any atom is -0.488 e. The van der Waals surface area contributed by atoms with Crippen molar-refractivity contribution < 1.29 is 4.74 Å². The van der Waals surface area contributed by atoms with Gasteiger partial charge in [-0.25, -0.2) is 0 Å². The largest absolute Gasteiger partial charge is 0.488 e. The zero-order valence-electron chi connectivity index (χ0n) is 22.0. The molecule has 0 unspecified atom stereocenters. The Labute approximate surface area is 183 Å². The Hall–Kier alpha value is -0.980. The summed E-state index contributed by atoms with van der Waals surface area (Å²) in [7, 11) is 0. The second-order valence-corrected chi connectivity index (χ2v) is 12.7. The Kier molecular flexibility index (Phi) is 8.11. The van der Waals surface area contributed by atoms with Crippen LogP contribution in [-0.4, -0.2) is 5.60 Å². The fraction of sp³-hybridized carbons (Fsp3) is 0.786. The van der Waals surface area contributed by atoms with Crippen LogP contribution in [0.4, 0.5) is 0 Å². The highest BCUT2D eigenvalue weighted by molar-refractivity contribution is 5.54. The van der Waals surface area contributed by atoms with Gasteiger partial charge in [-0.3, -0.25) is 0 Å². The molecule has 0 atom stereocenters. The van der Waals surface area contributed by atoms with Crippen LogP contribution < -0.4 is 4.74 Å². The SMILES string of the molecule is CCc1c(C(C)(CC)CC)cc(CC(C)(C)C)c(OC(C)(C)C)c1CC(C)(C)C. The van der Waals surface area contributed by atoms with E-state index in [1.807, 2.05) is 0 Å². The summed E-state index contributed by atoms with van der Waals surface area (Å²) in [4.78, 5) is 0. The van der Waals surface area contributed by atoms with Gasteiger partial charge in [0.1, 0.15) is 11.4 Å². The molecule has 0 saturated heterocycles. The summed E-state index contributed by atoms with van der Waals surface area (Å²) in [6, 6.07) is 2.52. The minimum absolute atomic E-state index is 0.204. The molecule has 1 aromatic carbocycles. The van der Waals surface area contributed by atoms with Crippen molar-refractivity contribution in [1.82, 2.24) is 0 Å². The van der Waals surface area contributed by atoms with E-state index >= 15 is 0 Å². The number of hydrogen-bond acceptors (Lipinski definition) is 1. The van der Waals surface area contributed by atoms with Gasteiger partial charge in [-0.2, -0.15) is 0 Å². The van der Waals surface area contributed by atoms with Gasteiger partial charge in [0.05, 0.1) is 0 Å². The zero-order valence-corrected chi connectivity index (χ0v) is 22.0. The van der Waals surface area contributed by atoms with E-state index in [4.69, 9.17) is 4.74 Å². The highest BCUT2D eigenvalue weighted by Gasteiger charge is 2.32. The molecule has 0 bridgehead atoms. The molecular formula is C28H50O. The summed E-state index contributed by atoms with van der Waals surface area (Å²) in [6.07, 6.45) is 5.48. The van der Waals surface area contributed by atoms with E-state index in [0.717, 1.165) is 25.0 Å². The van der Waals surface area contributed by atoms with Gasteiger partial charge in [-0.05, 0) is 91.4 Å². The van der Waals surface area contributed by atoms with Crippen LogP contribution in [-0.2, 0) is 24.7 Å². The summed E-state index contributed by atoms with van der Waals surface area (Å²) in [5, 5.41) is 0. The van der Waals surface area contributed by atoms with Gasteiger partial charge in [0, 0.05) is 0 Å². The molecule has 0 aliphatic heterocycles. The van der Waals surface area contributed by atoms with E-state index in [2.05, 4.69) is 96.1 Å². The average Bonchev–Trinajstić information content (AvgIpc) is 2.53. The van der Waals surface area contributed by atoms with Crippen molar-refractivity contribution in [3.63, 3.8) is 0 Å². The lowest BCUT2D eigenvalue weighted by molar-refractivity contribution is 0.125. The lowest BCUT2D eigenvalue weighted by atomic mass is 9.71. The van der Waals surface area contributed by atoms with Crippen LogP contribution in [0.3, 0.4) is 0 Å². The predicted molar refractivity (Wildman–Crippen MR) is 130 cm³/mol. The van der Waals surface area contributed by atoms with Crippen LogP contribution in [0.15, 0.2) is 6.07 Å². The minimum atomic E-state index is -0.204. The van der Waals surface area contributed by atoms with Gasteiger partial charge in [0.25, 0.3) is 0 Å². The fourth-order valence-corrected chi connectivity index (χ4v) is 4.25. The van der Waals surface area contributed by atoms with Crippen LogP contribution in [0.1, 0.15) is 125 Å². The quantitative estimate of drug-likeness (QED) is 0.443. The Morgan fingerprint density at radius 3 is 1.52 bits per heavy atom. The zero-order chi connectivity index (χ0) is 22.8. The van der Waals surface area contributed by atoms with E-state index in [-0.39, 0.29) is 21.8 Å². The first-order chi connectivity index (χ1) is 13.0. The van der Waals surface area contributed by atoms with Crippen LogP contribution in [0, 0.1) is 10.8 Å². The maximum Gasteiger partial charge on any atom is 0.126 e. The maximum atomic E-state index is 6.73. The van der Waals surface area contributed by atoms with E-state index in [1.54, 1.807) is 5.56 Å². The molecule has 29 heavy (non-hydrogen) atoms. The first kappa shape index (κ1) is 26.1. The first-order valence-electron chi connectivity index (χ1n) is 11.8. The topological polar surface area (TPSA) is 9.23 Å². The molecule has 0 aromatic heterocycles. The summed E-state index contributed by atoms with van der Waals surface area (Å²) in [6.45, 7) is 30.0. The van der Waals surface area contributed by atoms with Gasteiger partial charge >= 0.3 is 0 Å². The summed E-state index contributed by atoms with van der Waals surface area (Å²) in [5.74, 6) is 1.16. The Balaban J connectivity index is 4.00. The van der Waals surface area contributed by atoms with E-state index in [1.165, 1.54) is 29.5 Å². The molecule has 0 heterocycles. The van der Waals surface area contributed by atoms with E-state index < -0.39 is 0 Å². The Morgan fingerprint density at radius 1 is 0.690 bits per heavy atom. The maximum absolute atomic E-state index is 6.73. The van der Waals surface area contributed by atoms with E-state index in [0.29, 0.717) is 0 Å². The van der Waals surface area contributed by atoms with Crippen molar-refractivity contribution in [2.75, 3.05) is 0 Å². The van der Waals surface area contributed by atoms with Crippen molar-refractivity contribution in [3.8, 4) is 5.75 Å². The van der Waals surface area contributed by atoms with Crippen molar-refractivity contribution in [2.24, 2.45) is 10.8 Å². The molecule has 0 fully saturated rings. The standard InChI is InChI=1S/C28H50O/c1-14-21-22(19-26(7,8)9)24(29-27(10,11)12)20(18-25(4,5)6)17-23(21)28(13,15-2)16-3/h17H,14-16,18-19H2,1-13H3. The fourth-order valence-electron chi connectivity index (χ4n) is 4.25. The molecule has 0 aliphatic carbocycles. The third-order valence-corrected chi connectivity index (χ3v) is 5.97. The average molecular weight is 403 g/mol. The molecule has 0 aliphatic rings. The second-order valence-electron chi connectivity index (χ2n) is 12.7. The molecule has 0 amide bonds. The van der Waals surface area contributed by atoms with Gasteiger partial charge in [0.15, 0.2) is 0 Å². The molecule has 0 saturated carbocycles. The molecule has 1 heteroatoms. The second kappa shape index (κ2) is 9.03. The summed E-state index contributed by atoms with van der Waals surface area (Å²) >= 11 is 0. The third kappa shape index (κ3) is 7.34. The van der Waals surface area contributed by atoms with Crippen molar-refractivity contribution in [3.05, 3.63) is 28.3 Å². The summed E-state index contributed by atoms with van der Waals surface area (Å²) in [5.41, 5.74) is 6.39. The monoisotopic (exact) mass is 402 g/mol. The van der Waals surface area contributed by atoms with Crippen LogP contribution in [0.2, 0.25) is 0 Å². The molecule has 0 N–H and O–H groups in total. The summed E-state index contributed by atoms with van der Waals surface area (Å²) < 4.78 is 6.73. The van der Waals surface area contributed by atoms with Crippen LogP contribution in [0.25, 0.3) is 0 Å². The molecule has 0 radical (unpaired) electrons. The number of rotatable bonds is 7. The number of hydrogen-bond donors (Lipinski definition) is 0. The normalized spacial score (nSPS) is 13.7. The predicted octanol–water partition coefficient (Wildman–Crippen LogP) is 8.68. The van der Waals surface area contributed by atoms with E-state index in [9.17, 15) is 0 Å².